The molecule has 0 aromatic carbocycles. The molecule has 0 spiro atoms. The molecule has 0 fully saturated rings. The van der Waals surface area contributed by atoms with E-state index in [-0.39, 0.29) is 12.5 Å². The number of ether oxygens (including phenoxy) is 1. The maximum absolute atomic E-state index is 12.6. The van der Waals surface area contributed by atoms with E-state index in [0.717, 1.165) is 41.0 Å². The van der Waals surface area contributed by atoms with Crippen LogP contribution in [-0.2, 0) is 22.4 Å². The number of imide groups is 1. The van der Waals surface area contributed by atoms with Gasteiger partial charge < -0.3 is 10.1 Å². The van der Waals surface area contributed by atoms with Crippen LogP contribution < -0.4 is 10.6 Å². The lowest BCUT2D eigenvalue weighted by Crippen LogP contribution is -2.32. The van der Waals surface area contributed by atoms with Gasteiger partial charge in [-0.2, -0.15) is 0 Å². The second kappa shape index (κ2) is 8.96. The van der Waals surface area contributed by atoms with E-state index in [1.165, 1.54) is 28.7 Å². The number of hydrogen-bond acceptors (Lipinski definition) is 6. The van der Waals surface area contributed by atoms with Crippen LogP contribution in [0.3, 0.4) is 0 Å². The fourth-order valence-electron chi connectivity index (χ4n) is 2.91. The highest BCUT2D eigenvalue weighted by Gasteiger charge is 2.27. The molecule has 0 saturated carbocycles. The molecule has 27 heavy (non-hydrogen) atoms. The first-order valence-corrected chi connectivity index (χ1v) is 10.4. The Morgan fingerprint density at radius 3 is 2.81 bits per heavy atom. The van der Waals surface area contributed by atoms with Crippen LogP contribution >= 0.6 is 22.7 Å². The first kappa shape index (κ1) is 19.3. The Kier molecular flexibility index (Phi) is 6.41. The van der Waals surface area contributed by atoms with Crippen LogP contribution in [0, 0.1) is 0 Å². The average molecular weight is 405 g/mol. The van der Waals surface area contributed by atoms with Gasteiger partial charge in [-0.3, -0.25) is 14.9 Å². The lowest BCUT2D eigenvalue weighted by Gasteiger charge is -2.12. The lowest BCUT2D eigenvalue weighted by atomic mass is 9.95. The molecule has 3 rings (SSSR count). The second-order valence-corrected chi connectivity index (χ2v) is 8.01. The molecule has 2 heterocycles. The van der Waals surface area contributed by atoms with Crippen molar-refractivity contribution < 1.29 is 19.1 Å². The first-order valence-electron chi connectivity index (χ1n) is 8.73. The van der Waals surface area contributed by atoms with Crippen molar-refractivity contribution in [3.63, 3.8) is 0 Å². The van der Waals surface area contributed by atoms with Crippen molar-refractivity contribution in [2.75, 3.05) is 11.9 Å². The van der Waals surface area contributed by atoms with Crippen molar-refractivity contribution in [1.82, 2.24) is 5.32 Å². The Morgan fingerprint density at radius 1 is 1.26 bits per heavy atom. The van der Waals surface area contributed by atoms with Crippen LogP contribution in [0.15, 0.2) is 23.6 Å². The van der Waals surface area contributed by atoms with Gasteiger partial charge in [0.2, 0.25) is 5.91 Å². The highest BCUT2D eigenvalue weighted by Crippen LogP contribution is 2.38. The Labute approximate surface area is 165 Å². The predicted molar refractivity (Wildman–Crippen MR) is 107 cm³/mol. The van der Waals surface area contributed by atoms with E-state index < -0.39 is 12.0 Å². The first-order chi connectivity index (χ1) is 13.1. The second-order valence-electron chi connectivity index (χ2n) is 5.93. The summed E-state index contributed by atoms with van der Waals surface area (Å²) in [5.41, 5.74) is 1.30. The Bertz CT molecular complexity index is 869. The number of hydrogen-bond donors (Lipinski definition) is 2. The molecule has 0 radical (unpaired) electrons. The number of fused-ring (bicyclic) bond motifs is 1. The van der Waals surface area contributed by atoms with Gasteiger partial charge in [0.1, 0.15) is 5.00 Å². The van der Waals surface area contributed by atoms with Gasteiger partial charge in [-0.15, -0.1) is 22.7 Å². The van der Waals surface area contributed by atoms with E-state index in [1.54, 1.807) is 13.0 Å². The minimum absolute atomic E-state index is 0.179. The molecule has 3 amide bonds. The Hall–Kier alpha value is -2.45. The van der Waals surface area contributed by atoms with Crippen molar-refractivity contribution in [1.29, 1.82) is 0 Å². The third kappa shape index (κ3) is 4.84. The molecule has 2 aromatic rings. The zero-order chi connectivity index (χ0) is 19.2. The van der Waals surface area contributed by atoms with Crippen molar-refractivity contribution >= 4 is 51.7 Å². The fraction of sp³-hybridized carbons (Fsp3) is 0.316. The molecule has 1 aliphatic carbocycles. The summed E-state index contributed by atoms with van der Waals surface area (Å²) in [6.45, 7) is 1.85. The van der Waals surface area contributed by atoms with Gasteiger partial charge in [0.05, 0.1) is 12.2 Å². The molecular formula is C19H20N2O4S2. The molecule has 0 unspecified atom stereocenters. The van der Waals surface area contributed by atoms with Crippen LogP contribution in [0.2, 0.25) is 0 Å². The smallest absolute Gasteiger partial charge is 0.414 e. The minimum atomic E-state index is -0.784. The van der Waals surface area contributed by atoms with Crippen molar-refractivity contribution in [3.8, 4) is 0 Å². The molecule has 0 saturated heterocycles. The predicted octanol–water partition coefficient (Wildman–Crippen LogP) is 4.23. The quantitative estimate of drug-likeness (QED) is 0.731. The summed E-state index contributed by atoms with van der Waals surface area (Å²) in [5, 5.41) is 7.45. The van der Waals surface area contributed by atoms with Gasteiger partial charge >= 0.3 is 6.09 Å². The molecule has 1 aliphatic rings. The van der Waals surface area contributed by atoms with Gasteiger partial charge in [-0.05, 0) is 55.7 Å². The number of thiophene rings is 2. The number of anilines is 1. The fourth-order valence-corrected chi connectivity index (χ4v) is 4.82. The molecular weight excluding hydrogens is 384 g/mol. The summed E-state index contributed by atoms with van der Waals surface area (Å²) in [6, 6.07) is 3.82. The lowest BCUT2D eigenvalue weighted by molar-refractivity contribution is -0.111. The number of carbonyl (C=O) groups is 3. The monoisotopic (exact) mass is 404 g/mol. The number of alkyl carbamates (subject to hydrolysis) is 1. The summed E-state index contributed by atoms with van der Waals surface area (Å²) in [6.07, 6.45) is 6.06. The third-order valence-corrected chi connectivity index (χ3v) is 6.11. The van der Waals surface area contributed by atoms with Crippen molar-refractivity contribution in [3.05, 3.63) is 44.5 Å². The maximum Gasteiger partial charge on any atom is 0.414 e. The molecule has 6 nitrogen and oxygen atoms in total. The van der Waals surface area contributed by atoms with Gasteiger partial charge in [0, 0.05) is 15.8 Å². The summed E-state index contributed by atoms with van der Waals surface area (Å²) in [4.78, 5) is 38.6. The normalized spacial score (nSPS) is 13.2. The van der Waals surface area contributed by atoms with Crippen LogP contribution in [-0.4, -0.2) is 24.5 Å². The molecule has 0 atom stereocenters. The van der Waals surface area contributed by atoms with Crippen LogP contribution in [0.25, 0.3) is 6.08 Å². The van der Waals surface area contributed by atoms with E-state index in [0.29, 0.717) is 10.6 Å². The number of amides is 3. The number of nitrogens with one attached hydrogen (secondary N) is 2. The molecule has 0 bridgehead atoms. The zero-order valence-electron chi connectivity index (χ0n) is 14.9. The van der Waals surface area contributed by atoms with Crippen LogP contribution in [0.5, 0.6) is 0 Å². The molecule has 0 aliphatic heterocycles. The molecule has 8 heteroatoms. The summed E-state index contributed by atoms with van der Waals surface area (Å²) < 4.78 is 4.79. The van der Waals surface area contributed by atoms with E-state index in [1.807, 2.05) is 17.5 Å². The van der Waals surface area contributed by atoms with Gasteiger partial charge in [-0.1, -0.05) is 6.07 Å². The van der Waals surface area contributed by atoms with Gasteiger partial charge in [-0.25, -0.2) is 4.79 Å². The molecule has 2 N–H and O–H groups in total. The van der Waals surface area contributed by atoms with Gasteiger partial charge in [0.25, 0.3) is 5.91 Å². The molecule has 142 valence electrons. The van der Waals surface area contributed by atoms with E-state index in [9.17, 15) is 14.4 Å². The SMILES string of the molecule is CCOC(=O)NC(=O)c1c(NC(=O)/C=C/c2cccs2)sc2c1CCCC2. The summed E-state index contributed by atoms with van der Waals surface area (Å²) in [7, 11) is 0. The number of rotatable bonds is 5. The van der Waals surface area contributed by atoms with E-state index >= 15 is 0 Å². The Morgan fingerprint density at radius 2 is 2.07 bits per heavy atom. The standard InChI is InChI=1S/C19H20N2O4S2/c1-2-25-19(24)21-17(23)16-13-7-3-4-8-14(13)27-18(16)20-15(22)10-9-12-6-5-11-26-12/h5-6,9-11H,2-4,7-8H2,1H3,(H,20,22)(H,21,23,24)/b10-9+. The Balaban J connectivity index is 1.81. The highest BCUT2D eigenvalue weighted by atomic mass is 32.1. The maximum atomic E-state index is 12.6. The number of aryl methyl sites for hydroxylation is 1. The zero-order valence-corrected chi connectivity index (χ0v) is 16.5. The summed E-state index contributed by atoms with van der Waals surface area (Å²) >= 11 is 2.94. The molecule has 2 aromatic heterocycles. The minimum Gasteiger partial charge on any atom is -0.450 e. The van der Waals surface area contributed by atoms with Crippen molar-refractivity contribution in [2.24, 2.45) is 0 Å². The third-order valence-electron chi connectivity index (χ3n) is 4.07. The van der Waals surface area contributed by atoms with Gasteiger partial charge in [0.15, 0.2) is 0 Å². The largest absolute Gasteiger partial charge is 0.450 e. The highest BCUT2D eigenvalue weighted by molar-refractivity contribution is 7.17. The van der Waals surface area contributed by atoms with Crippen LogP contribution in [0.1, 0.15) is 45.4 Å². The van der Waals surface area contributed by atoms with E-state index in [2.05, 4.69) is 10.6 Å². The number of carbonyl (C=O) groups excluding carboxylic acids is 3. The van der Waals surface area contributed by atoms with E-state index in [4.69, 9.17) is 4.74 Å². The van der Waals surface area contributed by atoms with Crippen LogP contribution in [0.4, 0.5) is 9.80 Å². The summed E-state index contributed by atoms with van der Waals surface area (Å²) in [5.74, 6) is -0.849. The topological polar surface area (TPSA) is 84.5 Å². The van der Waals surface area contributed by atoms with Crippen molar-refractivity contribution in [2.45, 2.75) is 32.6 Å². The average Bonchev–Trinajstić information content (AvgIpc) is 3.27.